The predicted octanol–water partition coefficient (Wildman–Crippen LogP) is 4.76. The van der Waals surface area contributed by atoms with Gasteiger partial charge in [-0.05, 0) is 61.8 Å². The second-order valence-corrected chi connectivity index (χ2v) is 8.91. The van der Waals surface area contributed by atoms with Crippen LogP contribution in [0, 0.1) is 11.3 Å². The summed E-state index contributed by atoms with van der Waals surface area (Å²) in [6.45, 7) is 11.6. The number of rotatable bonds is 10. The van der Waals surface area contributed by atoms with Crippen LogP contribution in [0.25, 0.3) is 0 Å². The molecule has 3 N–H and O–H groups in total. The number of hydrogen-bond acceptors (Lipinski definition) is 4. The molecule has 1 atom stereocenters. The Balaban J connectivity index is 2.13. The van der Waals surface area contributed by atoms with Crippen LogP contribution in [0.3, 0.4) is 0 Å². The molecule has 0 aromatic heterocycles. The van der Waals surface area contributed by atoms with Crippen LogP contribution >= 0.6 is 0 Å². The number of aliphatic imine (C=N–C) groups is 1. The van der Waals surface area contributed by atoms with E-state index in [1.165, 1.54) is 13.0 Å². The van der Waals surface area contributed by atoms with Crippen LogP contribution in [0.5, 0.6) is 0 Å². The largest absolute Gasteiger partial charge is 0.481 e. The normalized spacial score (nSPS) is 17.5. The highest BCUT2D eigenvalue weighted by Crippen LogP contribution is 2.50. The Morgan fingerprint density at radius 3 is 2.42 bits per heavy atom. The van der Waals surface area contributed by atoms with E-state index in [2.05, 4.69) is 36.1 Å². The molecule has 0 radical (unpaired) electrons. The zero-order chi connectivity index (χ0) is 23.2. The minimum Gasteiger partial charge on any atom is -0.481 e. The molecule has 6 nitrogen and oxygen atoms in total. The van der Waals surface area contributed by atoms with Crippen molar-refractivity contribution in [1.29, 1.82) is 0 Å². The standard InChI is InChI=1S/C24H32FN3O3/c1-15(25)12-16(2)27-17(3)28-22(20-13-24(4,5)14-20)18-6-8-19(9-7-18)23(31)26-11-10-21(29)30/h6-9,12,20,22,28H,3,10-11,13-14H2,1-2,4-5H3,(H,26,31)(H,29,30)/b15-12+,27-16+. The number of amides is 1. The van der Waals surface area contributed by atoms with Gasteiger partial charge in [0.15, 0.2) is 0 Å². The number of hydrogen-bond donors (Lipinski definition) is 3. The number of carbonyl (C=O) groups excluding carboxylic acids is 1. The van der Waals surface area contributed by atoms with Crippen molar-refractivity contribution in [3.8, 4) is 0 Å². The highest BCUT2D eigenvalue weighted by molar-refractivity contribution is 5.94. The SMILES string of the molecule is C=C(/N=C(C)/C=C(\C)F)NC(c1ccc(C(=O)NCCC(=O)O)cc1)C1CC(C)(C)C1. The first-order valence-corrected chi connectivity index (χ1v) is 10.4. The lowest BCUT2D eigenvalue weighted by molar-refractivity contribution is -0.136. The molecule has 1 aliphatic rings. The molecule has 31 heavy (non-hydrogen) atoms. The highest BCUT2D eigenvalue weighted by atomic mass is 19.1. The summed E-state index contributed by atoms with van der Waals surface area (Å²) >= 11 is 0. The van der Waals surface area contributed by atoms with Gasteiger partial charge < -0.3 is 15.7 Å². The minimum absolute atomic E-state index is 0.0309. The first kappa shape index (κ1) is 24.3. The van der Waals surface area contributed by atoms with Gasteiger partial charge in [0.25, 0.3) is 5.91 Å². The number of carboxylic acid groups (broad SMARTS) is 1. The Morgan fingerprint density at radius 1 is 1.29 bits per heavy atom. The molecule has 168 valence electrons. The zero-order valence-electron chi connectivity index (χ0n) is 18.7. The van der Waals surface area contributed by atoms with Gasteiger partial charge in [0.05, 0.1) is 18.3 Å². The van der Waals surface area contributed by atoms with E-state index in [0.29, 0.717) is 23.0 Å². The lowest BCUT2D eigenvalue weighted by Gasteiger charge is -2.47. The van der Waals surface area contributed by atoms with E-state index in [-0.39, 0.29) is 36.2 Å². The van der Waals surface area contributed by atoms with Crippen molar-refractivity contribution in [3.05, 3.63) is 59.7 Å². The van der Waals surface area contributed by atoms with Gasteiger partial charge in [-0.2, -0.15) is 0 Å². The van der Waals surface area contributed by atoms with Gasteiger partial charge in [-0.15, -0.1) is 0 Å². The lowest BCUT2D eigenvalue weighted by atomic mass is 9.61. The molecule has 1 unspecified atom stereocenters. The van der Waals surface area contributed by atoms with Crippen molar-refractivity contribution < 1.29 is 19.1 Å². The summed E-state index contributed by atoms with van der Waals surface area (Å²) < 4.78 is 13.1. The van der Waals surface area contributed by atoms with Crippen LogP contribution in [-0.4, -0.2) is 29.2 Å². The fourth-order valence-electron chi connectivity index (χ4n) is 4.04. The number of allylic oxidation sites excluding steroid dienone is 2. The van der Waals surface area contributed by atoms with Gasteiger partial charge in [-0.3, -0.25) is 9.59 Å². The molecule has 7 heteroatoms. The number of halogens is 1. The molecule has 2 rings (SSSR count). The van der Waals surface area contributed by atoms with Gasteiger partial charge in [-0.25, -0.2) is 9.38 Å². The van der Waals surface area contributed by atoms with Crippen LogP contribution < -0.4 is 10.6 Å². The number of aliphatic carboxylic acids is 1. The predicted molar refractivity (Wildman–Crippen MR) is 121 cm³/mol. The zero-order valence-corrected chi connectivity index (χ0v) is 18.7. The van der Waals surface area contributed by atoms with E-state index in [1.807, 2.05) is 12.1 Å². The van der Waals surface area contributed by atoms with Crippen molar-refractivity contribution in [3.63, 3.8) is 0 Å². The molecule has 0 aliphatic heterocycles. The molecule has 1 saturated carbocycles. The van der Waals surface area contributed by atoms with Crippen LogP contribution in [0.15, 0.2) is 53.6 Å². The van der Waals surface area contributed by atoms with Crippen LogP contribution in [-0.2, 0) is 4.79 Å². The van der Waals surface area contributed by atoms with Crippen LogP contribution in [0.1, 0.15) is 68.9 Å². The third-order valence-electron chi connectivity index (χ3n) is 5.30. The van der Waals surface area contributed by atoms with E-state index in [4.69, 9.17) is 5.11 Å². The quantitative estimate of drug-likeness (QED) is 0.468. The minimum atomic E-state index is -0.955. The van der Waals surface area contributed by atoms with Gasteiger partial charge >= 0.3 is 5.97 Å². The van der Waals surface area contributed by atoms with Gasteiger partial charge in [0.1, 0.15) is 5.82 Å². The summed E-state index contributed by atoms with van der Waals surface area (Å²) in [6.07, 6.45) is 3.32. The Morgan fingerprint density at radius 2 is 1.90 bits per heavy atom. The molecule has 1 aromatic carbocycles. The van der Waals surface area contributed by atoms with Crippen LogP contribution in [0.2, 0.25) is 0 Å². The molecule has 0 heterocycles. The number of benzene rings is 1. The van der Waals surface area contributed by atoms with E-state index >= 15 is 0 Å². The van der Waals surface area contributed by atoms with E-state index < -0.39 is 5.97 Å². The highest BCUT2D eigenvalue weighted by Gasteiger charge is 2.41. The fourth-order valence-corrected chi connectivity index (χ4v) is 4.04. The number of carbonyl (C=O) groups is 2. The van der Waals surface area contributed by atoms with Crippen molar-refractivity contribution in [1.82, 2.24) is 10.6 Å². The number of nitrogens with one attached hydrogen (secondary N) is 2. The Hall–Kier alpha value is -2.96. The monoisotopic (exact) mass is 429 g/mol. The average Bonchev–Trinajstić information content (AvgIpc) is 2.63. The Labute approximate surface area is 183 Å². The molecule has 1 aliphatic carbocycles. The Kier molecular flexibility index (Phi) is 8.14. The molecule has 1 amide bonds. The summed E-state index contributed by atoms with van der Waals surface area (Å²) in [7, 11) is 0. The van der Waals surface area contributed by atoms with Gasteiger partial charge in [0, 0.05) is 17.8 Å². The molecule has 1 aromatic rings. The number of carboxylic acids is 1. The van der Waals surface area contributed by atoms with Crippen molar-refractivity contribution in [2.45, 2.75) is 53.0 Å². The van der Waals surface area contributed by atoms with Crippen molar-refractivity contribution in [2.24, 2.45) is 16.3 Å². The summed E-state index contributed by atoms with van der Waals surface area (Å²) in [4.78, 5) is 27.1. The number of nitrogens with zero attached hydrogens (tertiary/aromatic N) is 1. The molecule has 0 spiro atoms. The summed E-state index contributed by atoms with van der Waals surface area (Å²) in [5.41, 5.74) is 2.29. The van der Waals surface area contributed by atoms with E-state index in [0.717, 1.165) is 18.4 Å². The third kappa shape index (κ3) is 7.66. The van der Waals surface area contributed by atoms with Gasteiger partial charge in [0.2, 0.25) is 0 Å². The average molecular weight is 430 g/mol. The van der Waals surface area contributed by atoms with Gasteiger partial charge in [-0.1, -0.05) is 32.6 Å². The second kappa shape index (κ2) is 10.4. The van der Waals surface area contributed by atoms with Crippen molar-refractivity contribution in [2.75, 3.05) is 6.54 Å². The van der Waals surface area contributed by atoms with E-state index in [9.17, 15) is 14.0 Å². The second-order valence-electron chi connectivity index (χ2n) is 8.91. The smallest absolute Gasteiger partial charge is 0.305 e. The lowest BCUT2D eigenvalue weighted by Crippen LogP contribution is -2.40. The molecule has 0 saturated heterocycles. The summed E-state index contributed by atoms with van der Waals surface area (Å²) in [5.74, 6) is -0.733. The van der Waals surface area contributed by atoms with Crippen LogP contribution in [0.4, 0.5) is 4.39 Å². The summed E-state index contributed by atoms with van der Waals surface area (Å²) in [6, 6.07) is 7.22. The third-order valence-corrected chi connectivity index (χ3v) is 5.30. The maximum absolute atomic E-state index is 13.1. The molecule has 1 fully saturated rings. The molecule has 0 bridgehead atoms. The first-order valence-electron chi connectivity index (χ1n) is 10.4. The van der Waals surface area contributed by atoms with E-state index in [1.54, 1.807) is 19.1 Å². The first-order chi connectivity index (χ1) is 14.5. The maximum atomic E-state index is 13.1. The topological polar surface area (TPSA) is 90.8 Å². The fraction of sp³-hybridized carbons (Fsp3) is 0.458. The Bertz CT molecular complexity index is 876. The molecular weight excluding hydrogens is 397 g/mol. The maximum Gasteiger partial charge on any atom is 0.305 e. The summed E-state index contributed by atoms with van der Waals surface area (Å²) in [5, 5.41) is 14.7. The molecular formula is C24H32FN3O3. The van der Waals surface area contributed by atoms with Crippen molar-refractivity contribution >= 4 is 17.6 Å².